The second-order valence-electron chi connectivity index (χ2n) is 5.26. The number of carbonyl (C=O) groups excluding carboxylic acids is 1. The number of nitrogens with zero attached hydrogens (tertiary/aromatic N) is 2. The molecule has 0 spiro atoms. The summed E-state index contributed by atoms with van der Waals surface area (Å²) in [6.45, 7) is 2.48. The zero-order valence-electron chi connectivity index (χ0n) is 10.9. The average Bonchev–Trinajstić information content (AvgIpc) is 2.62. The summed E-state index contributed by atoms with van der Waals surface area (Å²) in [4.78, 5) is 15.3. The Morgan fingerprint density at radius 1 is 1.31 bits per heavy atom. The van der Waals surface area contributed by atoms with E-state index in [4.69, 9.17) is 0 Å². The van der Waals surface area contributed by atoms with Crippen molar-refractivity contribution in [3.63, 3.8) is 0 Å². The minimum Gasteiger partial charge on any atom is -0.389 e. The molecule has 0 bridgehead atoms. The first-order valence-corrected chi connectivity index (χ1v) is 5.99. The maximum atomic E-state index is 11.8. The fraction of sp³-hybridized carbons (Fsp3) is 0.917. The Kier molecular flexibility index (Phi) is 4.33. The summed E-state index contributed by atoms with van der Waals surface area (Å²) in [5.41, 5.74) is -0.574. The predicted octanol–water partition coefficient (Wildman–Crippen LogP) is 0.700. The van der Waals surface area contributed by atoms with Gasteiger partial charge in [0, 0.05) is 20.6 Å². The van der Waals surface area contributed by atoms with Crippen LogP contribution in [0.15, 0.2) is 0 Å². The number of hydrogen-bond donors (Lipinski definition) is 1. The van der Waals surface area contributed by atoms with Gasteiger partial charge in [-0.05, 0) is 26.8 Å². The van der Waals surface area contributed by atoms with Crippen LogP contribution in [0.4, 0.5) is 0 Å². The van der Waals surface area contributed by atoms with E-state index in [0.717, 1.165) is 25.7 Å². The molecular weight excluding hydrogens is 204 g/mol. The van der Waals surface area contributed by atoms with Gasteiger partial charge in [-0.3, -0.25) is 9.69 Å². The number of amides is 1. The molecule has 1 aliphatic rings. The second-order valence-corrected chi connectivity index (χ2v) is 5.26. The first-order chi connectivity index (χ1) is 7.36. The van der Waals surface area contributed by atoms with Crippen molar-refractivity contribution in [2.24, 2.45) is 0 Å². The zero-order chi connectivity index (χ0) is 12.3. The van der Waals surface area contributed by atoms with Gasteiger partial charge in [-0.15, -0.1) is 0 Å². The monoisotopic (exact) mass is 228 g/mol. The van der Waals surface area contributed by atoms with Gasteiger partial charge in [-0.1, -0.05) is 12.8 Å². The molecule has 1 N–H and O–H groups in total. The molecule has 4 heteroatoms. The lowest BCUT2D eigenvalue weighted by Gasteiger charge is -2.32. The van der Waals surface area contributed by atoms with E-state index < -0.39 is 5.60 Å². The molecule has 0 aromatic heterocycles. The molecule has 1 unspecified atom stereocenters. The highest BCUT2D eigenvalue weighted by molar-refractivity contribution is 5.80. The lowest BCUT2D eigenvalue weighted by molar-refractivity contribution is -0.134. The van der Waals surface area contributed by atoms with E-state index in [1.807, 2.05) is 18.9 Å². The fourth-order valence-corrected chi connectivity index (χ4v) is 2.35. The average molecular weight is 228 g/mol. The molecule has 94 valence electrons. The van der Waals surface area contributed by atoms with E-state index in [2.05, 4.69) is 0 Å². The van der Waals surface area contributed by atoms with Crippen LogP contribution in [0.25, 0.3) is 0 Å². The SMILES string of the molecule is CC(C(=O)N(C)C)N(C)CC1(O)CCCC1. The van der Waals surface area contributed by atoms with Crippen LogP contribution in [-0.2, 0) is 4.79 Å². The Morgan fingerprint density at radius 3 is 2.25 bits per heavy atom. The molecule has 0 saturated heterocycles. The predicted molar refractivity (Wildman–Crippen MR) is 64.2 cm³/mol. The molecule has 0 aliphatic heterocycles. The highest BCUT2D eigenvalue weighted by Crippen LogP contribution is 2.30. The smallest absolute Gasteiger partial charge is 0.239 e. The first-order valence-electron chi connectivity index (χ1n) is 5.99. The van der Waals surface area contributed by atoms with E-state index >= 15 is 0 Å². The van der Waals surface area contributed by atoms with Crippen molar-refractivity contribution in [1.82, 2.24) is 9.80 Å². The summed E-state index contributed by atoms with van der Waals surface area (Å²) in [5.74, 6) is 0.0871. The van der Waals surface area contributed by atoms with E-state index in [-0.39, 0.29) is 11.9 Å². The van der Waals surface area contributed by atoms with E-state index in [1.165, 1.54) is 0 Å². The van der Waals surface area contributed by atoms with Crippen molar-refractivity contribution in [3.05, 3.63) is 0 Å². The third kappa shape index (κ3) is 3.19. The quantitative estimate of drug-likeness (QED) is 0.770. The topological polar surface area (TPSA) is 43.8 Å². The molecule has 1 fully saturated rings. The number of carbonyl (C=O) groups is 1. The van der Waals surface area contributed by atoms with Crippen LogP contribution >= 0.6 is 0 Å². The fourth-order valence-electron chi connectivity index (χ4n) is 2.35. The highest BCUT2D eigenvalue weighted by Gasteiger charge is 2.34. The van der Waals surface area contributed by atoms with Crippen LogP contribution in [0.3, 0.4) is 0 Å². The van der Waals surface area contributed by atoms with Gasteiger partial charge in [-0.25, -0.2) is 0 Å². The molecule has 0 heterocycles. The van der Waals surface area contributed by atoms with Gasteiger partial charge in [-0.2, -0.15) is 0 Å². The molecule has 1 aliphatic carbocycles. The minimum absolute atomic E-state index is 0.0871. The molecule has 0 aromatic rings. The maximum Gasteiger partial charge on any atom is 0.239 e. The van der Waals surface area contributed by atoms with Gasteiger partial charge in [0.1, 0.15) is 0 Å². The van der Waals surface area contributed by atoms with Crippen molar-refractivity contribution >= 4 is 5.91 Å². The molecular formula is C12H24N2O2. The largest absolute Gasteiger partial charge is 0.389 e. The third-order valence-corrected chi connectivity index (χ3v) is 3.54. The Morgan fingerprint density at radius 2 is 1.81 bits per heavy atom. The van der Waals surface area contributed by atoms with E-state index in [1.54, 1.807) is 19.0 Å². The highest BCUT2D eigenvalue weighted by atomic mass is 16.3. The lowest BCUT2D eigenvalue weighted by Crippen LogP contribution is -2.48. The minimum atomic E-state index is -0.574. The normalized spacial score (nSPS) is 21.1. The Hall–Kier alpha value is -0.610. The van der Waals surface area contributed by atoms with Gasteiger partial charge in [0.05, 0.1) is 11.6 Å². The van der Waals surface area contributed by atoms with Crippen molar-refractivity contribution < 1.29 is 9.90 Å². The molecule has 1 amide bonds. The summed E-state index contributed by atoms with van der Waals surface area (Å²) in [7, 11) is 5.43. The van der Waals surface area contributed by atoms with Crippen molar-refractivity contribution in [2.75, 3.05) is 27.7 Å². The van der Waals surface area contributed by atoms with Gasteiger partial charge < -0.3 is 10.0 Å². The van der Waals surface area contributed by atoms with Crippen LogP contribution in [0.2, 0.25) is 0 Å². The van der Waals surface area contributed by atoms with E-state index in [9.17, 15) is 9.90 Å². The summed E-state index contributed by atoms with van der Waals surface area (Å²) in [6, 6.07) is -0.167. The van der Waals surface area contributed by atoms with Crippen molar-refractivity contribution in [1.29, 1.82) is 0 Å². The number of aliphatic hydroxyl groups is 1. The molecule has 4 nitrogen and oxygen atoms in total. The molecule has 0 radical (unpaired) electrons. The summed E-state index contributed by atoms with van der Waals surface area (Å²) in [6.07, 6.45) is 3.92. The van der Waals surface area contributed by atoms with Gasteiger partial charge >= 0.3 is 0 Å². The summed E-state index contributed by atoms with van der Waals surface area (Å²) >= 11 is 0. The third-order valence-electron chi connectivity index (χ3n) is 3.54. The number of likely N-dealkylation sites (N-methyl/N-ethyl adjacent to an activating group) is 2. The van der Waals surface area contributed by atoms with Crippen LogP contribution in [0, 0.1) is 0 Å². The Balaban J connectivity index is 2.51. The summed E-state index contributed by atoms with van der Waals surface area (Å²) < 4.78 is 0. The number of hydrogen-bond acceptors (Lipinski definition) is 3. The lowest BCUT2D eigenvalue weighted by atomic mass is 10.0. The molecule has 1 atom stereocenters. The van der Waals surface area contributed by atoms with Crippen molar-refractivity contribution in [2.45, 2.75) is 44.2 Å². The zero-order valence-corrected chi connectivity index (χ0v) is 10.9. The van der Waals surface area contributed by atoms with Gasteiger partial charge in [0.25, 0.3) is 0 Å². The number of rotatable bonds is 4. The molecule has 1 saturated carbocycles. The van der Waals surface area contributed by atoms with E-state index in [0.29, 0.717) is 6.54 Å². The first kappa shape index (κ1) is 13.5. The van der Waals surface area contributed by atoms with Crippen LogP contribution in [0.1, 0.15) is 32.6 Å². The van der Waals surface area contributed by atoms with Gasteiger partial charge in [0.15, 0.2) is 0 Å². The molecule has 16 heavy (non-hydrogen) atoms. The Bertz CT molecular complexity index is 247. The van der Waals surface area contributed by atoms with Crippen LogP contribution < -0.4 is 0 Å². The maximum absolute atomic E-state index is 11.8. The standard InChI is InChI=1S/C12H24N2O2/c1-10(11(15)13(2)3)14(4)9-12(16)7-5-6-8-12/h10,16H,5-9H2,1-4H3. The Labute approximate surface area is 98.2 Å². The van der Waals surface area contributed by atoms with Crippen LogP contribution in [-0.4, -0.2) is 60.1 Å². The molecule has 0 aromatic carbocycles. The molecule has 1 rings (SSSR count). The second kappa shape index (κ2) is 5.15. The summed E-state index contributed by atoms with van der Waals surface area (Å²) in [5, 5.41) is 10.3. The van der Waals surface area contributed by atoms with Crippen LogP contribution in [0.5, 0.6) is 0 Å². The van der Waals surface area contributed by atoms with Gasteiger partial charge in [0.2, 0.25) is 5.91 Å². The van der Waals surface area contributed by atoms with Crippen molar-refractivity contribution in [3.8, 4) is 0 Å².